The third kappa shape index (κ3) is 5.17. The normalized spacial score (nSPS) is 13.4. The van der Waals surface area contributed by atoms with Crippen molar-refractivity contribution < 1.29 is 9.53 Å². The molecule has 0 spiro atoms. The van der Waals surface area contributed by atoms with E-state index in [4.69, 9.17) is 11.2 Å². The highest BCUT2D eigenvalue weighted by Crippen LogP contribution is 2.28. The van der Waals surface area contributed by atoms with E-state index in [-0.39, 0.29) is 36.5 Å². The van der Waals surface area contributed by atoms with Gasteiger partial charge in [-0.15, -0.1) is 16.6 Å². The fourth-order valence-corrected chi connectivity index (χ4v) is 2.73. The summed E-state index contributed by atoms with van der Waals surface area (Å²) in [6.45, 7) is 0.880. The van der Waals surface area contributed by atoms with E-state index in [1.807, 2.05) is 24.3 Å². The Morgan fingerprint density at radius 3 is 2.93 bits per heavy atom. The van der Waals surface area contributed by atoms with Gasteiger partial charge in [-0.3, -0.25) is 9.59 Å². The molecule has 7 heteroatoms. The van der Waals surface area contributed by atoms with Gasteiger partial charge in [-0.05, 0) is 30.9 Å². The quantitative estimate of drug-likeness (QED) is 0.693. The molecule has 0 bridgehead atoms. The van der Waals surface area contributed by atoms with Crippen LogP contribution in [0.3, 0.4) is 0 Å². The molecule has 1 aliphatic carbocycles. The van der Waals surface area contributed by atoms with Gasteiger partial charge in [-0.2, -0.15) is 0 Å². The highest BCUT2D eigenvalue weighted by molar-refractivity contribution is 5.76. The first-order valence-corrected chi connectivity index (χ1v) is 9.05. The Bertz CT molecular complexity index is 897. The lowest BCUT2D eigenvalue weighted by Gasteiger charge is -2.25. The molecule has 140 valence electrons. The number of aromatic amines is 1. The maximum absolute atomic E-state index is 12.2. The van der Waals surface area contributed by atoms with Crippen LogP contribution in [-0.2, 0) is 11.2 Å². The number of carbonyl (C=O) groups excluding carboxylic acids is 1. The summed E-state index contributed by atoms with van der Waals surface area (Å²) in [7, 11) is 0. The first-order chi connectivity index (χ1) is 13.2. The number of nitrogens with one attached hydrogen (secondary N) is 2. The van der Waals surface area contributed by atoms with Crippen molar-refractivity contribution in [1.29, 1.82) is 0 Å². The first kappa shape index (κ1) is 18.6. The van der Waals surface area contributed by atoms with Crippen LogP contribution in [0.25, 0.3) is 11.4 Å². The Kier molecular flexibility index (Phi) is 6.21. The lowest BCUT2D eigenvalue weighted by atomic mass is 9.86. The number of ether oxygens (including phenoxy) is 1. The van der Waals surface area contributed by atoms with Crippen LogP contribution in [0.4, 0.5) is 0 Å². The van der Waals surface area contributed by atoms with Gasteiger partial charge in [0.25, 0.3) is 5.56 Å². The van der Waals surface area contributed by atoms with Gasteiger partial charge in [-0.25, -0.2) is 0 Å². The Hall–Kier alpha value is -3.14. The van der Waals surface area contributed by atoms with Crippen LogP contribution in [-0.4, -0.2) is 34.2 Å². The van der Waals surface area contributed by atoms with Crippen LogP contribution in [0.1, 0.15) is 31.4 Å². The summed E-state index contributed by atoms with van der Waals surface area (Å²) in [6.07, 6.45) is 9.14. The van der Waals surface area contributed by atoms with Gasteiger partial charge < -0.3 is 15.0 Å². The second-order valence-electron chi connectivity index (χ2n) is 6.57. The zero-order valence-electron chi connectivity index (χ0n) is 15.0. The Morgan fingerprint density at radius 2 is 2.22 bits per heavy atom. The molecule has 1 heterocycles. The number of H-pyrrole nitrogens is 1. The molecule has 0 saturated heterocycles. The van der Waals surface area contributed by atoms with Crippen LogP contribution < -0.4 is 15.6 Å². The van der Waals surface area contributed by atoms with Crippen LogP contribution in [0.5, 0.6) is 5.75 Å². The molecule has 1 aromatic carbocycles. The largest absolute Gasteiger partial charge is 0.493 e. The Morgan fingerprint density at radius 1 is 1.37 bits per heavy atom. The molecule has 0 aliphatic heterocycles. The molecular weight excluding hydrogens is 344 g/mol. The van der Waals surface area contributed by atoms with Gasteiger partial charge in [0.05, 0.1) is 13.2 Å². The number of nitrogens with zero attached hydrogens (tertiary/aromatic N) is 2. The number of rotatable bonds is 8. The Balaban J connectivity index is 1.63. The number of terminal acetylenes is 1. The molecule has 0 atom stereocenters. The zero-order valence-corrected chi connectivity index (χ0v) is 15.0. The highest BCUT2D eigenvalue weighted by atomic mass is 16.5. The molecule has 1 aliphatic rings. The van der Waals surface area contributed by atoms with Crippen LogP contribution in [0, 0.1) is 18.3 Å². The molecule has 0 radical (unpaired) electrons. The highest BCUT2D eigenvalue weighted by Gasteiger charge is 2.18. The van der Waals surface area contributed by atoms with Crippen molar-refractivity contribution in [1.82, 2.24) is 20.5 Å². The van der Waals surface area contributed by atoms with E-state index in [1.54, 1.807) is 0 Å². The smallest absolute Gasteiger partial charge is 0.273 e. The maximum Gasteiger partial charge on any atom is 0.273 e. The second kappa shape index (κ2) is 8.99. The van der Waals surface area contributed by atoms with E-state index >= 15 is 0 Å². The topological polar surface area (TPSA) is 97.0 Å². The van der Waals surface area contributed by atoms with Gasteiger partial charge in [0.1, 0.15) is 11.4 Å². The zero-order chi connectivity index (χ0) is 19.1. The number of carbonyl (C=O) groups is 1. The molecular formula is C20H22N4O3. The fourth-order valence-electron chi connectivity index (χ4n) is 2.73. The van der Waals surface area contributed by atoms with E-state index < -0.39 is 0 Å². The molecule has 1 aromatic heterocycles. The number of aryl methyl sites for hydroxylation is 1. The van der Waals surface area contributed by atoms with Crippen molar-refractivity contribution in [3.05, 3.63) is 40.3 Å². The minimum Gasteiger partial charge on any atom is -0.493 e. The summed E-state index contributed by atoms with van der Waals surface area (Å²) in [4.78, 5) is 26.5. The number of hydrogen-bond acceptors (Lipinski definition) is 5. The molecule has 7 nitrogen and oxygen atoms in total. The second-order valence-corrected chi connectivity index (χ2v) is 6.57. The summed E-state index contributed by atoms with van der Waals surface area (Å²) in [6, 6.07) is 7.42. The predicted molar refractivity (Wildman–Crippen MR) is 101 cm³/mol. The molecule has 0 unspecified atom stereocenters. The molecule has 27 heavy (non-hydrogen) atoms. The van der Waals surface area contributed by atoms with Gasteiger partial charge >= 0.3 is 0 Å². The fraction of sp³-hybridized carbons (Fsp3) is 0.400. The predicted octanol–water partition coefficient (Wildman–Crippen LogP) is 1.69. The van der Waals surface area contributed by atoms with E-state index in [9.17, 15) is 9.59 Å². The molecule has 3 rings (SSSR count). The van der Waals surface area contributed by atoms with Gasteiger partial charge in [0.2, 0.25) is 5.91 Å². The average molecular weight is 366 g/mol. The van der Waals surface area contributed by atoms with E-state index in [0.29, 0.717) is 18.3 Å². The minimum atomic E-state index is -0.356. The standard InChI is InChI=1S/C20H22N4O3/c1-2-11-21-18(25)10-9-17-20(26)22-19(24-23-17)15-7-4-8-16(12-15)27-13-14-5-3-6-14/h1,4,7-8,12,14H,3,5-6,9-11,13H2,(H,21,25)(H,22,24,26). The first-order valence-electron chi connectivity index (χ1n) is 9.05. The van der Waals surface area contributed by atoms with Gasteiger partial charge in [0, 0.05) is 18.4 Å². The van der Waals surface area contributed by atoms with Crippen LogP contribution in [0.15, 0.2) is 29.1 Å². The van der Waals surface area contributed by atoms with E-state index in [1.165, 1.54) is 19.3 Å². The van der Waals surface area contributed by atoms with Crippen molar-refractivity contribution >= 4 is 5.91 Å². The number of amides is 1. The number of hydrogen-bond donors (Lipinski definition) is 2. The third-order valence-corrected chi connectivity index (χ3v) is 4.56. The van der Waals surface area contributed by atoms with Crippen molar-refractivity contribution in [3.8, 4) is 29.5 Å². The molecule has 2 N–H and O–H groups in total. The number of aromatic nitrogens is 3. The van der Waals surface area contributed by atoms with Crippen molar-refractivity contribution in [2.24, 2.45) is 5.92 Å². The van der Waals surface area contributed by atoms with E-state index in [2.05, 4.69) is 26.4 Å². The van der Waals surface area contributed by atoms with Crippen molar-refractivity contribution in [2.75, 3.05) is 13.2 Å². The Labute approximate surface area is 157 Å². The summed E-state index contributed by atoms with van der Waals surface area (Å²) in [5.74, 6) is 3.86. The lowest BCUT2D eigenvalue weighted by Crippen LogP contribution is -2.25. The molecule has 1 amide bonds. The van der Waals surface area contributed by atoms with Crippen LogP contribution >= 0.6 is 0 Å². The third-order valence-electron chi connectivity index (χ3n) is 4.56. The monoisotopic (exact) mass is 366 g/mol. The van der Waals surface area contributed by atoms with E-state index in [0.717, 1.165) is 11.3 Å². The summed E-state index contributed by atoms with van der Waals surface area (Å²) < 4.78 is 5.82. The van der Waals surface area contributed by atoms with Crippen molar-refractivity contribution in [2.45, 2.75) is 32.1 Å². The van der Waals surface area contributed by atoms with Gasteiger partial charge in [-0.1, -0.05) is 24.5 Å². The van der Waals surface area contributed by atoms with Gasteiger partial charge in [0.15, 0.2) is 5.82 Å². The molecule has 1 fully saturated rings. The number of benzene rings is 1. The summed E-state index contributed by atoms with van der Waals surface area (Å²) in [5, 5.41) is 10.6. The maximum atomic E-state index is 12.2. The summed E-state index contributed by atoms with van der Waals surface area (Å²) >= 11 is 0. The molecule has 1 saturated carbocycles. The minimum absolute atomic E-state index is 0.128. The SMILES string of the molecule is C#CCNC(=O)CCc1nnc(-c2cccc(OCC3CCC3)c2)[nH]c1=O. The van der Waals surface area contributed by atoms with Crippen LogP contribution in [0.2, 0.25) is 0 Å². The lowest BCUT2D eigenvalue weighted by molar-refractivity contribution is -0.120. The molecule has 2 aromatic rings. The summed E-state index contributed by atoms with van der Waals surface area (Å²) in [5.41, 5.74) is 0.585. The van der Waals surface area contributed by atoms with Crippen molar-refractivity contribution in [3.63, 3.8) is 0 Å². The average Bonchev–Trinajstić information content (AvgIpc) is 2.64.